The van der Waals surface area contributed by atoms with Crippen LogP contribution in [0.1, 0.15) is 50.0 Å². The number of carboxylic acids is 1. The first-order valence-corrected chi connectivity index (χ1v) is 8.58. The van der Waals surface area contributed by atoms with Crippen LogP contribution in [0.5, 0.6) is 0 Å². The van der Waals surface area contributed by atoms with E-state index in [1.54, 1.807) is 0 Å². The van der Waals surface area contributed by atoms with Crippen LogP contribution in [0.15, 0.2) is 28.7 Å². The SMILES string of the molecule is O=C(O)CC1(NC(=O)C2CC2c2cccc(Br)c2)CCCC1. The van der Waals surface area contributed by atoms with Crippen LogP contribution in [0.3, 0.4) is 0 Å². The zero-order chi connectivity index (χ0) is 15.7. The Morgan fingerprint density at radius 3 is 2.68 bits per heavy atom. The Morgan fingerprint density at radius 2 is 2.05 bits per heavy atom. The van der Waals surface area contributed by atoms with E-state index in [9.17, 15) is 9.59 Å². The molecule has 0 saturated heterocycles. The van der Waals surface area contributed by atoms with Crippen LogP contribution in [0.2, 0.25) is 0 Å². The molecule has 0 heterocycles. The van der Waals surface area contributed by atoms with E-state index in [-0.39, 0.29) is 24.2 Å². The summed E-state index contributed by atoms with van der Waals surface area (Å²) in [5, 5.41) is 12.2. The average Bonchev–Trinajstić information content (AvgIpc) is 3.14. The zero-order valence-electron chi connectivity index (χ0n) is 12.3. The molecule has 0 bridgehead atoms. The van der Waals surface area contributed by atoms with Gasteiger partial charge in [0.25, 0.3) is 0 Å². The summed E-state index contributed by atoms with van der Waals surface area (Å²) < 4.78 is 1.02. The molecule has 22 heavy (non-hydrogen) atoms. The number of aliphatic carboxylic acids is 1. The molecule has 0 radical (unpaired) electrons. The molecule has 1 aromatic carbocycles. The molecule has 2 aliphatic carbocycles. The van der Waals surface area contributed by atoms with Crippen molar-refractivity contribution in [3.63, 3.8) is 0 Å². The maximum Gasteiger partial charge on any atom is 0.305 e. The molecule has 2 saturated carbocycles. The minimum Gasteiger partial charge on any atom is -0.481 e. The molecule has 5 heteroatoms. The van der Waals surface area contributed by atoms with Gasteiger partial charge >= 0.3 is 5.97 Å². The molecule has 1 amide bonds. The Bertz CT molecular complexity index is 595. The highest BCUT2D eigenvalue weighted by molar-refractivity contribution is 9.10. The number of halogens is 1. The third-order valence-electron chi connectivity index (χ3n) is 4.84. The Labute approximate surface area is 138 Å². The van der Waals surface area contributed by atoms with Crippen molar-refractivity contribution in [2.24, 2.45) is 5.92 Å². The lowest BCUT2D eigenvalue weighted by molar-refractivity contribution is -0.139. The van der Waals surface area contributed by atoms with E-state index in [4.69, 9.17) is 5.11 Å². The van der Waals surface area contributed by atoms with Crippen LogP contribution in [-0.2, 0) is 9.59 Å². The van der Waals surface area contributed by atoms with Gasteiger partial charge in [0.2, 0.25) is 5.91 Å². The van der Waals surface area contributed by atoms with Crippen molar-refractivity contribution >= 4 is 27.8 Å². The molecular weight excluding hydrogens is 346 g/mol. The third kappa shape index (κ3) is 3.35. The molecule has 0 aliphatic heterocycles. The fourth-order valence-electron chi connectivity index (χ4n) is 3.63. The highest BCUT2D eigenvalue weighted by atomic mass is 79.9. The number of benzene rings is 1. The number of rotatable bonds is 5. The van der Waals surface area contributed by atoms with Crippen molar-refractivity contribution in [1.82, 2.24) is 5.32 Å². The van der Waals surface area contributed by atoms with Crippen LogP contribution in [0.4, 0.5) is 0 Å². The van der Waals surface area contributed by atoms with E-state index in [1.807, 2.05) is 18.2 Å². The van der Waals surface area contributed by atoms with E-state index in [2.05, 4.69) is 27.3 Å². The first-order valence-electron chi connectivity index (χ1n) is 7.78. The summed E-state index contributed by atoms with van der Waals surface area (Å²) in [6.07, 6.45) is 4.43. The van der Waals surface area contributed by atoms with Crippen molar-refractivity contribution in [3.05, 3.63) is 34.3 Å². The second-order valence-electron chi connectivity index (χ2n) is 6.55. The van der Waals surface area contributed by atoms with Gasteiger partial charge in [-0.05, 0) is 42.9 Å². The summed E-state index contributed by atoms with van der Waals surface area (Å²) in [6, 6.07) is 8.06. The predicted molar refractivity (Wildman–Crippen MR) is 86.6 cm³/mol. The number of nitrogens with one attached hydrogen (secondary N) is 1. The number of amides is 1. The molecule has 2 aliphatic rings. The maximum absolute atomic E-state index is 12.5. The van der Waals surface area contributed by atoms with Crippen molar-refractivity contribution in [2.45, 2.75) is 50.0 Å². The van der Waals surface area contributed by atoms with Gasteiger partial charge in [-0.15, -0.1) is 0 Å². The minimum atomic E-state index is -0.832. The van der Waals surface area contributed by atoms with Gasteiger partial charge in [0.15, 0.2) is 0 Å². The normalized spacial score (nSPS) is 25.7. The molecule has 0 spiro atoms. The number of carboxylic acid groups (broad SMARTS) is 1. The lowest BCUT2D eigenvalue weighted by Crippen LogP contribution is -2.48. The van der Waals surface area contributed by atoms with Crippen molar-refractivity contribution < 1.29 is 14.7 Å². The van der Waals surface area contributed by atoms with Gasteiger partial charge < -0.3 is 10.4 Å². The Balaban J connectivity index is 1.64. The lowest BCUT2D eigenvalue weighted by Gasteiger charge is -2.28. The molecule has 2 fully saturated rings. The van der Waals surface area contributed by atoms with Crippen LogP contribution < -0.4 is 5.32 Å². The van der Waals surface area contributed by atoms with Gasteiger partial charge in [-0.1, -0.05) is 40.9 Å². The van der Waals surface area contributed by atoms with Gasteiger partial charge in [0.05, 0.1) is 12.0 Å². The van der Waals surface area contributed by atoms with E-state index in [1.165, 1.54) is 5.56 Å². The van der Waals surface area contributed by atoms with Crippen LogP contribution >= 0.6 is 15.9 Å². The molecule has 3 rings (SSSR count). The van der Waals surface area contributed by atoms with Gasteiger partial charge in [0, 0.05) is 10.4 Å². The molecule has 2 atom stereocenters. The van der Waals surface area contributed by atoms with E-state index in [0.717, 1.165) is 36.6 Å². The summed E-state index contributed by atoms with van der Waals surface area (Å²) in [4.78, 5) is 23.6. The van der Waals surface area contributed by atoms with Crippen molar-refractivity contribution in [2.75, 3.05) is 0 Å². The van der Waals surface area contributed by atoms with Gasteiger partial charge in [0.1, 0.15) is 0 Å². The maximum atomic E-state index is 12.5. The standard InChI is InChI=1S/C17H20BrNO3/c18-12-5-3-4-11(8-12)13-9-14(13)16(22)19-17(10-15(20)21)6-1-2-7-17/h3-5,8,13-14H,1-2,6-7,9-10H2,(H,19,22)(H,20,21). The van der Waals surface area contributed by atoms with Gasteiger partial charge in [-0.25, -0.2) is 0 Å². The highest BCUT2D eigenvalue weighted by Gasteiger charge is 2.47. The smallest absolute Gasteiger partial charge is 0.305 e. The fraction of sp³-hybridized carbons (Fsp3) is 0.529. The first kappa shape index (κ1) is 15.5. The van der Waals surface area contributed by atoms with E-state index in [0.29, 0.717) is 0 Å². The predicted octanol–water partition coefficient (Wildman–Crippen LogP) is 3.46. The number of carbonyl (C=O) groups excluding carboxylic acids is 1. The Kier molecular flexibility index (Phi) is 4.26. The number of hydrogen-bond donors (Lipinski definition) is 2. The van der Waals surface area contributed by atoms with Crippen LogP contribution in [0.25, 0.3) is 0 Å². The molecule has 0 aromatic heterocycles. The summed E-state index contributed by atoms with van der Waals surface area (Å²) in [7, 11) is 0. The Morgan fingerprint density at radius 1 is 1.32 bits per heavy atom. The quantitative estimate of drug-likeness (QED) is 0.839. The second-order valence-corrected chi connectivity index (χ2v) is 7.47. The lowest BCUT2D eigenvalue weighted by atomic mass is 9.92. The molecular formula is C17H20BrNO3. The second kappa shape index (κ2) is 6.03. The molecule has 4 nitrogen and oxygen atoms in total. The topological polar surface area (TPSA) is 66.4 Å². The molecule has 2 N–H and O–H groups in total. The average molecular weight is 366 g/mol. The van der Waals surface area contributed by atoms with Crippen molar-refractivity contribution in [1.29, 1.82) is 0 Å². The van der Waals surface area contributed by atoms with Gasteiger partial charge in [-0.3, -0.25) is 9.59 Å². The third-order valence-corrected chi connectivity index (χ3v) is 5.34. The van der Waals surface area contributed by atoms with E-state index < -0.39 is 11.5 Å². The van der Waals surface area contributed by atoms with Crippen LogP contribution in [0, 0.1) is 5.92 Å². The first-order chi connectivity index (χ1) is 10.5. The zero-order valence-corrected chi connectivity index (χ0v) is 13.9. The van der Waals surface area contributed by atoms with Gasteiger partial charge in [-0.2, -0.15) is 0 Å². The highest BCUT2D eigenvalue weighted by Crippen LogP contribution is 2.48. The molecule has 1 aromatic rings. The summed E-state index contributed by atoms with van der Waals surface area (Å²) in [6.45, 7) is 0. The summed E-state index contributed by atoms with van der Waals surface area (Å²) >= 11 is 3.46. The summed E-state index contributed by atoms with van der Waals surface area (Å²) in [5.74, 6) is -0.559. The monoisotopic (exact) mass is 365 g/mol. The van der Waals surface area contributed by atoms with Crippen molar-refractivity contribution in [3.8, 4) is 0 Å². The minimum absolute atomic E-state index is 0.0134. The number of carbonyl (C=O) groups is 2. The Hall–Kier alpha value is -1.36. The fourth-order valence-corrected chi connectivity index (χ4v) is 4.05. The van der Waals surface area contributed by atoms with E-state index >= 15 is 0 Å². The molecule has 118 valence electrons. The number of hydrogen-bond acceptors (Lipinski definition) is 2. The largest absolute Gasteiger partial charge is 0.481 e. The summed E-state index contributed by atoms with van der Waals surface area (Å²) in [5.41, 5.74) is 0.654. The molecule has 2 unspecified atom stereocenters. The van der Waals surface area contributed by atoms with Crippen LogP contribution in [-0.4, -0.2) is 22.5 Å².